The maximum Gasteiger partial charge on any atom is 0.416 e. The van der Waals surface area contributed by atoms with E-state index in [4.69, 9.17) is 5.73 Å². The number of aromatic nitrogens is 2. The van der Waals surface area contributed by atoms with Crippen LogP contribution in [-0.4, -0.2) is 33.9 Å². The van der Waals surface area contributed by atoms with E-state index in [-0.39, 0.29) is 11.6 Å². The van der Waals surface area contributed by atoms with Crippen LogP contribution >= 0.6 is 0 Å². The van der Waals surface area contributed by atoms with Crippen LogP contribution in [0, 0.1) is 6.92 Å². The van der Waals surface area contributed by atoms with Gasteiger partial charge in [-0.25, -0.2) is 9.97 Å². The smallest absolute Gasteiger partial charge is 0.368 e. The first-order valence-electron chi connectivity index (χ1n) is 10.6. The molecule has 172 valence electrons. The zero-order chi connectivity index (χ0) is 23.6. The van der Waals surface area contributed by atoms with E-state index in [1.165, 1.54) is 0 Å². The van der Waals surface area contributed by atoms with E-state index in [0.717, 1.165) is 49.2 Å². The number of alkyl halides is 3. The van der Waals surface area contributed by atoms with Crippen molar-refractivity contribution < 1.29 is 18.0 Å². The third-order valence-corrected chi connectivity index (χ3v) is 5.67. The quantitative estimate of drug-likeness (QED) is 0.572. The average Bonchev–Trinajstić information content (AvgIpc) is 3.27. The number of nitrogen functional groups attached to an aromatic ring is 1. The second-order valence-electron chi connectivity index (χ2n) is 8.21. The number of carbonyl (C=O) groups is 1. The number of anilines is 2. The third-order valence-electron chi connectivity index (χ3n) is 5.67. The number of hydrogen-bond donors (Lipinski definition) is 2. The summed E-state index contributed by atoms with van der Waals surface area (Å²) in [6.45, 7) is 4.02. The molecule has 3 N–H and O–H groups in total. The maximum atomic E-state index is 13.5. The molecule has 1 saturated heterocycles. The number of nitrogens with one attached hydrogen (secondary N) is 1. The van der Waals surface area contributed by atoms with Crippen LogP contribution in [0.25, 0.3) is 11.1 Å². The van der Waals surface area contributed by atoms with Gasteiger partial charge in [-0.2, -0.15) is 13.2 Å². The number of rotatable bonds is 5. The van der Waals surface area contributed by atoms with Gasteiger partial charge in [0.2, 0.25) is 5.95 Å². The van der Waals surface area contributed by atoms with Gasteiger partial charge in [0.15, 0.2) is 0 Å². The summed E-state index contributed by atoms with van der Waals surface area (Å²) in [5, 5.41) is 2.63. The van der Waals surface area contributed by atoms with Gasteiger partial charge in [-0.05, 0) is 79.9 Å². The Balaban J connectivity index is 1.61. The van der Waals surface area contributed by atoms with Gasteiger partial charge in [0.05, 0.1) is 5.56 Å². The summed E-state index contributed by atoms with van der Waals surface area (Å²) in [4.78, 5) is 23.0. The molecule has 0 unspecified atom stereocenters. The molecule has 0 aliphatic carbocycles. The van der Waals surface area contributed by atoms with E-state index in [1.807, 2.05) is 6.92 Å². The molecule has 1 fully saturated rings. The van der Waals surface area contributed by atoms with Crippen molar-refractivity contribution in [1.29, 1.82) is 0 Å². The molecule has 33 heavy (non-hydrogen) atoms. The molecule has 2 aromatic carbocycles. The Bertz CT molecular complexity index is 1160. The SMILES string of the molecule is Cc1ccc(C(=O)Nc2cc(CN3CCCC3)cc(C(F)(F)F)c2)cc1-c1cnc(N)nc1. The number of benzene rings is 2. The van der Waals surface area contributed by atoms with E-state index in [1.54, 1.807) is 36.7 Å². The van der Waals surface area contributed by atoms with Crippen molar-refractivity contribution in [1.82, 2.24) is 14.9 Å². The van der Waals surface area contributed by atoms with E-state index >= 15 is 0 Å². The maximum absolute atomic E-state index is 13.5. The number of halogens is 3. The third kappa shape index (κ3) is 5.48. The number of likely N-dealkylation sites (tertiary alicyclic amines) is 1. The van der Waals surface area contributed by atoms with Gasteiger partial charge in [-0.1, -0.05) is 6.07 Å². The van der Waals surface area contributed by atoms with Crippen LogP contribution in [-0.2, 0) is 12.7 Å². The molecule has 0 atom stereocenters. The summed E-state index contributed by atoms with van der Waals surface area (Å²) in [5.74, 6) is -0.362. The lowest BCUT2D eigenvalue weighted by Gasteiger charge is -2.18. The second kappa shape index (κ2) is 9.19. The summed E-state index contributed by atoms with van der Waals surface area (Å²) in [5.41, 5.74) is 8.02. The zero-order valence-electron chi connectivity index (χ0n) is 18.1. The molecule has 4 rings (SSSR count). The number of aryl methyl sites for hydroxylation is 1. The van der Waals surface area contributed by atoms with Crippen molar-refractivity contribution in [2.24, 2.45) is 0 Å². The molecule has 0 radical (unpaired) electrons. The normalized spacial score (nSPS) is 14.4. The fraction of sp³-hybridized carbons (Fsp3) is 0.292. The van der Waals surface area contributed by atoms with E-state index in [2.05, 4.69) is 20.2 Å². The lowest BCUT2D eigenvalue weighted by atomic mass is 10.00. The van der Waals surface area contributed by atoms with E-state index in [0.29, 0.717) is 23.2 Å². The number of nitrogens with zero attached hydrogens (tertiary/aromatic N) is 3. The van der Waals surface area contributed by atoms with Gasteiger partial charge in [0, 0.05) is 35.8 Å². The Morgan fingerprint density at radius 3 is 2.45 bits per heavy atom. The molecule has 0 bridgehead atoms. The molecule has 2 heterocycles. The van der Waals surface area contributed by atoms with Crippen LogP contribution in [0.2, 0.25) is 0 Å². The minimum Gasteiger partial charge on any atom is -0.368 e. The van der Waals surface area contributed by atoms with Crippen LogP contribution in [0.4, 0.5) is 24.8 Å². The molecular weight excluding hydrogens is 431 g/mol. The second-order valence-corrected chi connectivity index (χ2v) is 8.21. The highest BCUT2D eigenvalue weighted by Gasteiger charge is 2.31. The minimum atomic E-state index is -4.51. The molecule has 3 aromatic rings. The van der Waals surface area contributed by atoms with Crippen LogP contribution in [0.5, 0.6) is 0 Å². The van der Waals surface area contributed by atoms with Crippen LogP contribution in [0.1, 0.15) is 39.9 Å². The lowest BCUT2D eigenvalue weighted by molar-refractivity contribution is -0.137. The first-order chi connectivity index (χ1) is 15.7. The first kappa shape index (κ1) is 22.7. The van der Waals surface area contributed by atoms with E-state index < -0.39 is 17.6 Å². The molecule has 9 heteroatoms. The zero-order valence-corrected chi connectivity index (χ0v) is 18.1. The Hall–Kier alpha value is -3.46. The fourth-order valence-electron chi connectivity index (χ4n) is 3.97. The number of amides is 1. The van der Waals surface area contributed by atoms with Crippen molar-refractivity contribution in [2.45, 2.75) is 32.5 Å². The van der Waals surface area contributed by atoms with Gasteiger partial charge in [-0.15, -0.1) is 0 Å². The first-order valence-corrected chi connectivity index (χ1v) is 10.6. The van der Waals surface area contributed by atoms with E-state index in [9.17, 15) is 18.0 Å². The summed E-state index contributed by atoms with van der Waals surface area (Å²) >= 11 is 0. The number of hydrogen-bond acceptors (Lipinski definition) is 5. The predicted octanol–water partition coefficient (Wildman–Crippen LogP) is 4.90. The molecule has 0 saturated carbocycles. The molecule has 0 spiro atoms. The standard InChI is InChI=1S/C24H24F3N5O/c1-15-4-5-17(10-21(15)18-12-29-23(28)30-13-18)22(33)31-20-9-16(14-32-6-2-3-7-32)8-19(11-20)24(25,26)27/h4-5,8-13H,2-3,6-7,14H2,1H3,(H,31,33)(H2,28,29,30). The predicted molar refractivity (Wildman–Crippen MR) is 121 cm³/mol. The van der Waals surface area contributed by atoms with Crippen LogP contribution in [0.15, 0.2) is 48.8 Å². The average molecular weight is 455 g/mol. The van der Waals surface area contributed by atoms with Crippen molar-refractivity contribution in [3.63, 3.8) is 0 Å². The van der Waals surface area contributed by atoms with Gasteiger partial charge in [0.25, 0.3) is 5.91 Å². The highest BCUT2D eigenvalue weighted by molar-refractivity contribution is 6.05. The number of nitrogens with two attached hydrogens (primary N) is 1. The molecule has 1 amide bonds. The van der Waals surface area contributed by atoms with Gasteiger partial charge in [0.1, 0.15) is 0 Å². The Labute approximate surface area is 189 Å². The van der Waals surface area contributed by atoms with Crippen LogP contribution in [0.3, 0.4) is 0 Å². The largest absolute Gasteiger partial charge is 0.416 e. The molecular formula is C24H24F3N5O. The van der Waals surface area contributed by atoms with Gasteiger partial charge in [-0.3, -0.25) is 9.69 Å². The Kier molecular flexibility index (Phi) is 6.33. The fourth-order valence-corrected chi connectivity index (χ4v) is 3.97. The van der Waals surface area contributed by atoms with Crippen molar-refractivity contribution in [3.8, 4) is 11.1 Å². The summed E-state index contributed by atoms with van der Waals surface area (Å²) in [7, 11) is 0. The summed E-state index contributed by atoms with van der Waals surface area (Å²) < 4.78 is 40.5. The van der Waals surface area contributed by atoms with Crippen LogP contribution < -0.4 is 11.1 Å². The van der Waals surface area contributed by atoms with Gasteiger partial charge < -0.3 is 11.1 Å². The topological polar surface area (TPSA) is 84.1 Å². The molecule has 1 aliphatic heterocycles. The van der Waals surface area contributed by atoms with Gasteiger partial charge >= 0.3 is 6.18 Å². The highest BCUT2D eigenvalue weighted by atomic mass is 19.4. The van der Waals surface area contributed by atoms with Crippen molar-refractivity contribution >= 4 is 17.5 Å². The van der Waals surface area contributed by atoms with Crippen molar-refractivity contribution in [2.75, 3.05) is 24.1 Å². The Morgan fingerprint density at radius 1 is 1.09 bits per heavy atom. The number of carbonyl (C=O) groups excluding carboxylic acids is 1. The molecule has 1 aromatic heterocycles. The Morgan fingerprint density at radius 2 is 1.79 bits per heavy atom. The lowest BCUT2D eigenvalue weighted by Crippen LogP contribution is -2.19. The summed E-state index contributed by atoms with van der Waals surface area (Å²) in [6.07, 6.45) is 0.689. The summed E-state index contributed by atoms with van der Waals surface area (Å²) in [6, 6.07) is 8.79. The molecule has 6 nitrogen and oxygen atoms in total. The minimum absolute atomic E-state index is 0.113. The monoisotopic (exact) mass is 455 g/mol. The molecule has 1 aliphatic rings. The highest BCUT2D eigenvalue weighted by Crippen LogP contribution is 2.33. The van der Waals surface area contributed by atoms with Crippen molar-refractivity contribution in [3.05, 3.63) is 71.0 Å².